The third kappa shape index (κ3) is 2.55. The predicted molar refractivity (Wildman–Crippen MR) is 91.1 cm³/mol. The molecule has 1 saturated heterocycles. The van der Waals surface area contributed by atoms with E-state index in [1.165, 1.54) is 5.56 Å². The third-order valence-electron chi connectivity index (χ3n) is 5.10. The molecule has 2 atom stereocenters. The second-order valence-corrected chi connectivity index (χ2v) is 6.52. The van der Waals surface area contributed by atoms with Crippen LogP contribution in [0.4, 0.5) is 0 Å². The number of carbonyl (C=O) groups is 1. The van der Waals surface area contributed by atoms with Crippen LogP contribution in [0.3, 0.4) is 0 Å². The Labute approximate surface area is 136 Å². The second-order valence-electron chi connectivity index (χ2n) is 6.52. The Hall–Kier alpha value is -2.13. The van der Waals surface area contributed by atoms with E-state index < -0.39 is 0 Å². The third-order valence-corrected chi connectivity index (χ3v) is 5.10. The summed E-state index contributed by atoms with van der Waals surface area (Å²) in [5.74, 6) is 2.29. The summed E-state index contributed by atoms with van der Waals surface area (Å²) in [6.07, 6.45) is 1.10. The number of ketones is 1. The Morgan fingerprint density at radius 1 is 1.17 bits per heavy atom. The van der Waals surface area contributed by atoms with Crippen LogP contribution in [0, 0.1) is 5.92 Å². The van der Waals surface area contributed by atoms with Crippen LogP contribution in [0.25, 0.3) is 11.1 Å². The Balaban J connectivity index is 1.83. The summed E-state index contributed by atoms with van der Waals surface area (Å²) in [5, 5.41) is 3.52. The molecule has 2 aliphatic heterocycles. The molecule has 3 nitrogen and oxygen atoms in total. The van der Waals surface area contributed by atoms with Gasteiger partial charge in [0.2, 0.25) is 0 Å². The SMILES string of the molecule is CC(=O)c1cccc(-c2cccc3c2OCCC2CNCC32)c1. The fraction of sp³-hybridized carbons (Fsp3) is 0.350. The maximum absolute atomic E-state index is 11.7. The van der Waals surface area contributed by atoms with Crippen LogP contribution in [0.15, 0.2) is 42.5 Å². The van der Waals surface area contributed by atoms with Crippen LogP contribution in [0.1, 0.15) is 35.2 Å². The van der Waals surface area contributed by atoms with Crippen molar-refractivity contribution >= 4 is 5.78 Å². The molecule has 118 valence electrons. The van der Waals surface area contributed by atoms with Crippen LogP contribution in [-0.2, 0) is 0 Å². The van der Waals surface area contributed by atoms with Gasteiger partial charge in [-0.1, -0.05) is 36.4 Å². The van der Waals surface area contributed by atoms with Crippen molar-refractivity contribution in [1.82, 2.24) is 5.32 Å². The van der Waals surface area contributed by atoms with Crippen molar-refractivity contribution in [3.05, 3.63) is 53.6 Å². The Kier molecular flexibility index (Phi) is 3.66. The first kappa shape index (κ1) is 14.5. The molecule has 0 aliphatic carbocycles. The molecule has 0 aromatic heterocycles. The zero-order valence-corrected chi connectivity index (χ0v) is 13.3. The molecule has 1 fully saturated rings. The number of Topliss-reactive ketones (excluding diaryl/α,β-unsaturated/α-hetero) is 1. The lowest BCUT2D eigenvalue weighted by Gasteiger charge is -2.18. The van der Waals surface area contributed by atoms with Crippen LogP contribution in [-0.4, -0.2) is 25.5 Å². The number of para-hydroxylation sites is 1. The molecule has 1 N–H and O–H groups in total. The molecule has 0 amide bonds. The van der Waals surface area contributed by atoms with Gasteiger partial charge in [-0.05, 0) is 43.0 Å². The Bertz CT molecular complexity index is 753. The number of benzene rings is 2. The van der Waals surface area contributed by atoms with Crippen molar-refractivity contribution < 1.29 is 9.53 Å². The molecular formula is C20H21NO2. The first-order chi connectivity index (χ1) is 11.2. The molecule has 2 aliphatic rings. The van der Waals surface area contributed by atoms with Crippen LogP contribution in [0.5, 0.6) is 5.75 Å². The molecule has 0 saturated carbocycles. The van der Waals surface area contributed by atoms with E-state index in [0.717, 1.165) is 48.6 Å². The number of hydrogen-bond donors (Lipinski definition) is 1. The van der Waals surface area contributed by atoms with Crippen molar-refractivity contribution in [1.29, 1.82) is 0 Å². The van der Waals surface area contributed by atoms with Crippen molar-refractivity contribution in [2.45, 2.75) is 19.3 Å². The van der Waals surface area contributed by atoms with Gasteiger partial charge in [-0.2, -0.15) is 0 Å². The fourth-order valence-corrected chi connectivity index (χ4v) is 3.85. The Morgan fingerprint density at radius 3 is 2.91 bits per heavy atom. The maximum Gasteiger partial charge on any atom is 0.159 e. The highest BCUT2D eigenvalue weighted by Crippen LogP contribution is 2.43. The molecule has 2 aromatic carbocycles. The topological polar surface area (TPSA) is 38.3 Å². The molecular weight excluding hydrogens is 286 g/mol. The molecule has 23 heavy (non-hydrogen) atoms. The molecule has 2 heterocycles. The molecule has 2 aromatic rings. The minimum Gasteiger partial charge on any atom is -0.493 e. The zero-order chi connectivity index (χ0) is 15.8. The highest BCUT2D eigenvalue weighted by atomic mass is 16.5. The standard InChI is InChI=1S/C20H21NO2/c1-13(22)14-4-2-5-15(10-14)17-6-3-7-18-19-12-21-11-16(19)8-9-23-20(17)18/h2-7,10,16,19,21H,8-9,11-12H2,1H3. The maximum atomic E-state index is 11.7. The average molecular weight is 307 g/mol. The number of hydrogen-bond acceptors (Lipinski definition) is 3. The number of ether oxygens (including phenoxy) is 1. The van der Waals surface area contributed by atoms with Gasteiger partial charge >= 0.3 is 0 Å². The van der Waals surface area contributed by atoms with Crippen molar-refractivity contribution in [3.63, 3.8) is 0 Å². The van der Waals surface area contributed by atoms with Gasteiger partial charge in [-0.15, -0.1) is 0 Å². The zero-order valence-electron chi connectivity index (χ0n) is 13.3. The van der Waals surface area contributed by atoms with Gasteiger partial charge in [-0.3, -0.25) is 4.79 Å². The first-order valence-electron chi connectivity index (χ1n) is 8.32. The summed E-state index contributed by atoms with van der Waals surface area (Å²) in [6.45, 7) is 4.48. The summed E-state index contributed by atoms with van der Waals surface area (Å²) in [5.41, 5.74) is 4.20. The minimum atomic E-state index is 0.0925. The lowest BCUT2D eigenvalue weighted by Crippen LogP contribution is -2.11. The first-order valence-corrected chi connectivity index (χ1v) is 8.32. The molecule has 0 bridgehead atoms. The van der Waals surface area contributed by atoms with Crippen molar-refractivity contribution in [2.75, 3.05) is 19.7 Å². The van der Waals surface area contributed by atoms with E-state index in [4.69, 9.17) is 4.74 Å². The van der Waals surface area contributed by atoms with Crippen molar-refractivity contribution in [2.24, 2.45) is 5.92 Å². The van der Waals surface area contributed by atoms with Gasteiger partial charge in [0.15, 0.2) is 5.78 Å². The fourth-order valence-electron chi connectivity index (χ4n) is 3.85. The van der Waals surface area contributed by atoms with Gasteiger partial charge in [-0.25, -0.2) is 0 Å². The van der Waals surface area contributed by atoms with E-state index >= 15 is 0 Å². The lowest BCUT2D eigenvalue weighted by molar-refractivity contribution is 0.101. The van der Waals surface area contributed by atoms with Crippen molar-refractivity contribution in [3.8, 4) is 16.9 Å². The highest BCUT2D eigenvalue weighted by molar-refractivity contribution is 5.95. The molecule has 2 unspecified atom stereocenters. The van der Waals surface area contributed by atoms with Crippen LogP contribution >= 0.6 is 0 Å². The summed E-state index contributed by atoms with van der Waals surface area (Å²) in [6, 6.07) is 14.2. The lowest BCUT2D eigenvalue weighted by atomic mass is 9.85. The van der Waals surface area contributed by atoms with Gasteiger partial charge < -0.3 is 10.1 Å². The number of carbonyl (C=O) groups excluding carboxylic acids is 1. The average Bonchev–Trinajstić information content (AvgIpc) is 2.96. The summed E-state index contributed by atoms with van der Waals surface area (Å²) in [7, 11) is 0. The normalized spacial score (nSPS) is 22.7. The van der Waals surface area contributed by atoms with Crippen LogP contribution < -0.4 is 10.1 Å². The van der Waals surface area contributed by atoms with E-state index in [9.17, 15) is 4.79 Å². The molecule has 0 radical (unpaired) electrons. The van der Waals surface area contributed by atoms with E-state index in [2.05, 4.69) is 29.6 Å². The summed E-state index contributed by atoms with van der Waals surface area (Å²) in [4.78, 5) is 11.7. The Morgan fingerprint density at radius 2 is 2.04 bits per heavy atom. The quantitative estimate of drug-likeness (QED) is 0.861. The molecule has 4 rings (SSSR count). The monoisotopic (exact) mass is 307 g/mol. The van der Waals surface area contributed by atoms with Gasteiger partial charge in [0.1, 0.15) is 5.75 Å². The molecule has 0 spiro atoms. The minimum absolute atomic E-state index is 0.0925. The smallest absolute Gasteiger partial charge is 0.159 e. The van der Waals surface area contributed by atoms with E-state index in [1.807, 2.05) is 18.2 Å². The molecule has 3 heteroatoms. The number of fused-ring (bicyclic) bond motifs is 3. The van der Waals surface area contributed by atoms with E-state index in [0.29, 0.717) is 11.8 Å². The highest BCUT2D eigenvalue weighted by Gasteiger charge is 2.33. The second kappa shape index (κ2) is 5.82. The van der Waals surface area contributed by atoms with Gasteiger partial charge in [0, 0.05) is 23.6 Å². The predicted octanol–water partition coefficient (Wildman–Crippen LogP) is 3.64. The summed E-state index contributed by atoms with van der Waals surface area (Å²) < 4.78 is 6.16. The van der Waals surface area contributed by atoms with E-state index in [1.54, 1.807) is 6.92 Å². The summed E-state index contributed by atoms with van der Waals surface area (Å²) >= 11 is 0. The largest absolute Gasteiger partial charge is 0.493 e. The van der Waals surface area contributed by atoms with E-state index in [-0.39, 0.29) is 5.78 Å². The number of nitrogens with one attached hydrogen (secondary N) is 1. The van der Waals surface area contributed by atoms with Gasteiger partial charge in [0.25, 0.3) is 0 Å². The number of rotatable bonds is 2. The van der Waals surface area contributed by atoms with Crippen LogP contribution in [0.2, 0.25) is 0 Å². The van der Waals surface area contributed by atoms with Gasteiger partial charge in [0.05, 0.1) is 6.61 Å².